The highest BCUT2D eigenvalue weighted by Crippen LogP contribution is 2.32. The van der Waals surface area contributed by atoms with Crippen LogP contribution in [0.5, 0.6) is 0 Å². The third-order valence-electron chi connectivity index (χ3n) is 6.98. The number of hydrogen-bond acceptors (Lipinski definition) is 4. The van der Waals surface area contributed by atoms with Crippen LogP contribution in [0.25, 0.3) is 16.9 Å². The minimum atomic E-state index is -0.221. The lowest BCUT2D eigenvalue weighted by Crippen LogP contribution is -2.41. The summed E-state index contributed by atoms with van der Waals surface area (Å²) in [7, 11) is 0. The normalized spacial score (nSPS) is 21.4. The van der Waals surface area contributed by atoms with Crippen LogP contribution in [-0.4, -0.2) is 52.8 Å². The molecule has 0 aliphatic carbocycles. The number of pyridine rings is 1. The van der Waals surface area contributed by atoms with Gasteiger partial charge < -0.3 is 14.6 Å². The van der Waals surface area contributed by atoms with Gasteiger partial charge in [0.1, 0.15) is 0 Å². The van der Waals surface area contributed by atoms with Gasteiger partial charge in [-0.05, 0) is 94.2 Å². The fourth-order valence-electron chi connectivity index (χ4n) is 5.17. The number of likely N-dealkylation sites (tertiary alicyclic amines) is 1. The van der Waals surface area contributed by atoms with Crippen molar-refractivity contribution in [2.24, 2.45) is 0 Å². The van der Waals surface area contributed by atoms with Gasteiger partial charge >= 0.3 is 0 Å². The Morgan fingerprint density at radius 1 is 1.03 bits per heavy atom. The fourth-order valence-corrected chi connectivity index (χ4v) is 5.57. The molecule has 4 nitrogen and oxygen atoms in total. The highest BCUT2D eigenvalue weighted by molar-refractivity contribution is 7.98. The molecular weight excluding hydrogens is 407 g/mol. The molecule has 0 radical (unpaired) electrons. The smallest absolute Gasteiger partial charge is 0.173 e. The molecule has 1 atom stereocenters. The van der Waals surface area contributed by atoms with Crippen molar-refractivity contribution in [3.8, 4) is 11.3 Å². The van der Waals surface area contributed by atoms with Crippen molar-refractivity contribution in [1.29, 1.82) is 0 Å². The van der Waals surface area contributed by atoms with Crippen molar-refractivity contribution in [3.05, 3.63) is 54.1 Å². The van der Waals surface area contributed by atoms with E-state index in [9.17, 15) is 4.39 Å². The Labute approximate surface area is 188 Å². The summed E-state index contributed by atoms with van der Waals surface area (Å²) >= 11 is 1.72. The van der Waals surface area contributed by atoms with E-state index in [2.05, 4.69) is 51.9 Å². The summed E-state index contributed by atoms with van der Waals surface area (Å²) in [6, 6.07) is 10.7. The molecule has 2 aromatic heterocycles. The zero-order valence-corrected chi connectivity index (χ0v) is 19.0. The Hall–Kier alpha value is -1.89. The third-order valence-corrected chi connectivity index (χ3v) is 7.72. The number of benzene rings is 1. The lowest BCUT2D eigenvalue weighted by atomic mass is 9.89. The number of aromatic nitrogens is 2. The molecule has 2 aliphatic heterocycles. The summed E-state index contributed by atoms with van der Waals surface area (Å²) in [5.74, 6) is 0.201. The summed E-state index contributed by atoms with van der Waals surface area (Å²) in [5.41, 5.74) is 3.36. The molecule has 1 N–H and O–H groups in total. The summed E-state index contributed by atoms with van der Waals surface area (Å²) in [5, 5.41) is 3.52. The van der Waals surface area contributed by atoms with Gasteiger partial charge in [0.2, 0.25) is 0 Å². The van der Waals surface area contributed by atoms with E-state index in [1.165, 1.54) is 24.2 Å². The maximum atomic E-state index is 15.0. The van der Waals surface area contributed by atoms with Crippen LogP contribution in [0.4, 0.5) is 4.39 Å². The van der Waals surface area contributed by atoms with Gasteiger partial charge in [0.15, 0.2) is 11.5 Å². The Bertz CT molecular complexity index is 1020. The molecule has 164 valence electrons. The highest BCUT2D eigenvalue weighted by Gasteiger charge is 2.27. The van der Waals surface area contributed by atoms with Gasteiger partial charge in [-0.25, -0.2) is 9.37 Å². The molecule has 0 bridgehead atoms. The molecule has 0 saturated carbocycles. The molecule has 0 spiro atoms. The molecule has 3 aromatic rings. The minimum absolute atomic E-state index is 0.221. The van der Waals surface area contributed by atoms with Gasteiger partial charge in [0.05, 0.1) is 5.69 Å². The van der Waals surface area contributed by atoms with E-state index in [0.29, 0.717) is 17.6 Å². The number of thioether (sulfide) groups is 1. The molecule has 31 heavy (non-hydrogen) atoms. The summed E-state index contributed by atoms with van der Waals surface area (Å²) in [6.45, 7) is 4.52. The molecule has 4 heterocycles. The van der Waals surface area contributed by atoms with Gasteiger partial charge in [0, 0.05) is 28.9 Å². The zero-order valence-electron chi connectivity index (χ0n) is 18.2. The van der Waals surface area contributed by atoms with Crippen LogP contribution in [-0.2, 0) is 0 Å². The standard InChI is InChI=1S/C25H31FN4S/c1-31-22-6-4-19(5-7-22)24-17-30-16-20(15-23(26)25(30)28-24)18-9-13-29(14-10-18)21-3-2-11-27-12-8-21/h4-7,15-18,21,27H,2-3,8-14H2,1H3. The van der Waals surface area contributed by atoms with E-state index < -0.39 is 0 Å². The summed E-state index contributed by atoms with van der Waals surface area (Å²) in [6.07, 6.45) is 12.2. The molecule has 0 amide bonds. The van der Waals surface area contributed by atoms with E-state index in [1.54, 1.807) is 17.8 Å². The molecular formula is C25H31FN4S. The number of imidazole rings is 1. The van der Waals surface area contributed by atoms with Crippen molar-refractivity contribution in [2.45, 2.75) is 49.0 Å². The van der Waals surface area contributed by atoms with E-state index in [1.807, 2.05) is 10.6 Å². The summed E-state index contributed by atoms with van der Waals surface area (Å²) in [4.78, 5) is 8.46. The molecule has 2 aliphatic rings. The first-order valence-corrected chi connectivity index (χ1v) is 12.7. The average molecular weight is 439 g/mol. The molecule has 1 unspecified atom stereocenters. The molecule has 5 rings (SSSR count). The predicted octanol–water partition coefficient (Wildman–Crippen LogP) is 5.18. The number of fused-ring (bicyclic) bond motifs is 1. The second-order valence-electron chi connectivity index (χ2n) is 8.85. The third kappa shape index (κ3) is 4.52. The largest absolute Gasteiger partial charge is 0.317 e. The second-order valence-corrected chi connectivity index (χ2v) is 9.73. The first kappa shape index (κ1) is 21.0. The molecule has 1 aromatic carbocycles. The Kier molecular flexibility index (Phi) is 6.30. The van der Waals surface area contributed by atoms with E-state index >= 15 is 0 Å². The average Bonchev–Trinajstić information content (AvgIpc) is 3.06. The maximum absolute atomic E-state index is 15.0. The van der Waals surface area contributed by atoms with Crippen molar-refractivity contribution in [1.82, 2.24) is 19.6 Å². The first-order valence-electron chi connectivity index (χ1n) is 11.5. The number of nitrogens with one attached hydrogen (secondary N) is 1. The molecule has 6 heteroatoms. The van der Waals surface area contributed by atoms with E-state index in [4.69, 9.17) is 0 Å². The Balaban J connectivity index is 1.32. The minimum Gasteiger partial charge on any atom is -0.317 e. The summed E-state index contributed by atoms with van der Waals surface area (Å²) < 4.78 is 16.8. The van der Waals surface area contributed by atoms with Crippen LogP contribution in [0.1, 0.15) is 43.6 Å². The van der Waals surface area contributed by atoms with Crippen molar-refractivity contribution < 1.29 is 4.39 Å². The molecule has 2 fully saturated rings. The Morgan fingerprint density at radius 2 is 1.84 bits per heavy atom. The zero-order chi connectivity index (χ0) is 21.2. The van der Waals surface area contributed by atoms with E-state index in [-0.39, 0.29) is 5.82 Å². The van der Waals surface area contributed by atoms with Gasteiger partial charge in [-0.1, -0.05) is 12.1 Å². The van der Waals surface area contributed by atoms with Gasteiger partial charge in [-0.3, -0.25) is 0 Å². The van der Waals surface area contributed by atoms with Crippen molar-refractivity contribution >= 4 is 17.4 Å². The van der Waals surface area contributed by atoms with Gasteiger partial charge in [-0.15, -0.1) is 11.8 Å². The highest BCUT2D eigenvalue weighted by atomic mass is 32.2. The topological polar surface area (TPSA) is 32.6 Å². The molecule has 2 saturated heterocycles. The number of nitrogens with zero attached hydrogens (tertiary/aromatic N) is 3. The fraction of sp³-hybridized carbons (Fsp3) is 0.480. The van der Waals surface area contributed by atoms with Gasteiger partial charge in [-0.2, -0.15) is 0 Å². The lowest BCUT2D eigenvalue weighted by molar-refractivity contribution is 0.141. The van der Waals surface area contributed by atoms with Crippen LogP contribution in [0.15, 0.2) is 47.6 Å². The van der Waals surface area contributed by atoms with E-state index in [0.717, 1.165) is 55.8 Å². The SMILES string of the molecule is CSc1ccc(-c2cn3cc(C4CCN(C5CCCNCC5)CC4)cc(F)c3n2)cc1. The second kappa shape index (κ2) is 9.31. The number of piperidine rings is 1. The number of rotatable bonds is 4. The van der Waals surface area contributed by atoms with Crippen molar-refractivity contribution in [3.63, 3.8) is 0 Å². The first-order chi connectivity index (χ1) is 15.2. The van der Waals surface area contributed by atoms with Gasteiger partial charge in [0.25, 0.3) is 0 Å². The predicted molar refractivity (Wildman–Crippen MR) is 126 cm³/mol. The number of halogens is 1. The monoisotopic (exact) mass is 438 g/mol. The maximum Gasteiger partial charge on any atom is 0.173 e. The van der Waals surface area contributed by atoms with Crippen LogP contribution in [0.2, 0.25) is 0 Å². The lowest BCUT2D eigenvalue weighted by Gasteiger charge is -2.37. The van der Waals surface area contributed by atoms with Crippen LogP contribution in [0, 0.1) is 5.82 Å². The van der Waals surface area contributed by atoms with Crippen molar-refractivity contribution in [2.75, 3.05) is 32.4 Å². The van der Waals surface area contributed by atoms with Crippen LogP contribution in [0.3, 0.4) is 0 Å². The number of hydrogen-bond donors (Lipinski definition) is 1. The Morgan fingerprint density at radius 3 is 2.61 bits per heavy atom. The quantitative estimate of drug-likeness (QED) is 0.569. The van der Waals surface area contributed by atoms with Crippen LogP contribution < -0.4 is 5.32 Å². The van der Waals surface area contributed by atoms with Crippen LogP contribution >= 0.6 is 11.8 Å².